The molecule has 2 aromatic heterocycles. The molecule has 3 heteroatoms. The molecule has 0 aromatic carbocycles. The summed E-state index contributed by atoms with van der Waals surface area (Å²) >= 11 is 0. The van der Waals surface area contributed by atoms with E-state index in [4.69, 9.17) is 0 Å². The van der Waals surface area contributed by atoms with Crippen molar-refractivity contribution in [3.05, 3.63) is 59.7 Å². The Morgan fingerprint density at radius 2 is 2.00 bits per heavy atom. The first-order valence-electron chi connectivity index (χ1n) is 5.88. The summed E-state index contributed by atoms with van der Waals surface area (Å²) in [5.74, 6) is 0.119. The molecule has 2 atom stereocenters. The fraction of sp³-hybridized carbons (Fsp3) is 0.286. The van der Waals surface area contributed by atoms with Crippen LogP contribution in [0.1, 0.15) is 35.3 Å². The molecule has 1 N–H and O–H groups in total. The van der Waals surface area contributed by atoms with Gasteiger partial charge in [-0.25, -0.2) is 0 Å². The number of aryl methyl sites for hydroxylation is 1. The molecular weight excluding hydrogens is 212 g/mol. The van der Waals surface area contributed by atoms with Crippen molar-refractivity contribution in [2.24, 2.45) is 0 Å². The fourth-order valence-corrected chi connectivity index (χ4v) is 2.54. The van der Waals surface area contributed by atoms with Crippen LogP contribution in [0.4, 0.5) is 0 Å². The van der Waals surface area contributed by atoms with Crippen molar-refractivity contribution in [1.82, 2.24) is 9.97 Å². The van der Waals surface area contributed by atoms with Crippen molar-refractivity contribution in [1.29, 1.82) is 0 Å². The summed E-state index contributed by atoms with van der Waals surface area (Å²) in [5, 5.41) is 10.4. The van der Waals surface area contributed by atoms with Crippen LogP contribution in [0.25, 0.3) is 0 Å². The molecule has 17 heavy (non-hydrogen) atoms. The quantitative estimate of drug-likeness (QED) is 0.854. The molecule has 3 rings (SSSR count). The molecule has 0 radical (unpaired) electrons. The highest BCUT2D eigenvalue weighted by Crippen LogP contribution is 2.39. The fourth-order valence-electron chi connectivity index (χ4n) is 2.54. The van der Waals surface area contributed by atoms with Crippen molar-refractivity contribution in [3.8, 4) is 0 Å². The van der Waals surface area contributed by atoms with Gasteiger partial charge >= 0.3 is 0 Å². The van der Waals surface area contributed by atoms with Gasteiger partial charge in [0, 0.05) is 30.2 Å². The first-order valence-corrected chi connectivity index (χ1v) is 5.88. The van der Waals surface area contributed by atoms with Crippen LogP contribution in [0.3, 0.4) is 0 Å². The van der Waals surface area contributed by atoms with E-state index in [-0.39, 0.29) is 5.92 Å². The number of aromatic nitrogens is 2. The zero-order valence-electron chi connectivity index (χ0n) is 9.45. The van der Waals surface area contributed by atoms with Crippen LogP contribution in [0, 0.1) is 0 Å². The average Bonchev–Trinajstić information content (AvgIpc) is 2.83. The van der Waals surface area contributed by atoms with Crippen LogP contribution in [-0.4, -0.2) is 15.1 Å². The highest BCUT2D eigenvalue weighted by Gasteiger charge is 2.30. The predicted octanol–water partition coefficient (Wildman–Crippen LogP) is 2.24. The number of rotatable bonds is 2. The van der Waals surface area contributed by atoms with E-state index in [0.29, 0.717) is 0 Å². The van der Waals surface area contributed by atoms with Gasteiger partial charge in [-0.15, -0.1) is 0 Å². The average molecular weight is 226 g/mol. The third-order valence-electron chi connectivity index (χ3n) is 3.43. The molecule has 0 fully saturated rings. The Labute approximate surface area is 100 Å². The Hall–Kier alpha value is -1.74. The summed E-state index contributed by atoms with van der Waals surface area (Å²) in [6.07, 6.45) is 6.73. The molecule has 0 bridgehead atoms. The zero-order valence-corrected chi connectivity index (χ0v) is 9.45. The number of aliphatic hydroxyl groups is 1. The second-order valence-corrected chi connectivity index (χ2v) is 4.42. The first-order chi connectivity index (χ1) is 8.36. The van der Waals surface area contributed by atoms with Crippen LogP contribution in [0.5, 0.6) is 0 Å². The largest absolute Gasteiger partial charge is 0.388 e. The second kappa shape index (κ2) is 4.26. The monoisotopic (exact) mass is 226 g/mol. The number of aliphatic hydroxyl groups excluding tert-OH is 1. The normalized spacial score (nSPS) is 19.9. The van der Waals surface area contributed by atoms with Gasteiger partial charge in [-0.1, -0.05) is 6.07 Å². The Morgan fingerprint density at radius 3 is 2.82 bits per heavy atom. The van der Waals surface area contributed by atoms with Crippen LogP contribution in [0.15, 0.2) is 42.9 Å². The summed E-state index contributed by atoms with van der Waals surface area (Å²) in [6.45, 7) is 0. The van der Waals surface area contributed by atoms with Crippen molar-refractivity contribution in [2.75, 3.05) is 0 Å². The molecule has 2 heterocycles. The molecule has 2 aromatic rings. The van der Waals surface area contributed by atoms with E-state index in [1.165, 1.54) is 5.56 Å². The van der Waals surface area contributed by atoms with Crippen molar-refractivity contribution in [3.63, 3.8) is 0 Å². The van der Waals surface area contributed by atoms with E-state index >= 15 is 0 Å². The van der Waals surface area contributed by atoms with Crippen LogP contribution < -0.4 is 0 Å². The third kappa shape index (κ3) is 1.83. The lowest BCUT2D eigenvalue weighted by molar-refractivity contribution is 0.143. The van der Waals surface area contributed by atoms with Crippen LogP contribution >= 0.6 is 0 Å². The number of nitrogens with zero attached hydrogens (tertiary/aromatic N) is 2. The van der Waals surface area contributed by atoms with Gasteiger partial charge in [0.2, 0.25) is 0 Å². The molecule has 0 spiro atoms. The Kier molecular flexibility index (Phi) is 2.61. The van der Waals surface area contributed by atoms with E-state index in [2.05, 4.69) is 16.0 Å². The van der Waals surface area contributed by atoms with Gasteiger partial charge in [0.15, 0.2) is 0 Å². The van der Waals surface area contributed by atoms with Gasteiger partial charge < -0.3 is 5.11 Å². The molecule has 0 amide bonds. The smallest absolute Gasteiger partial charge is 0.0874 e. The number of hydrogen-bond donors (Lipinski definition) is 1. The van der Waals surface area contributed by atoms with Gasteiger partial charge in [0.1, 0.15) is 0 Å². The minimum Gasteiger partial charge on any atom is -0.388 e. The molecule has 0 saturated heterocycles. The molecule has 2 unspecified atom stereocenters. The van der Waals surface area contributed by atoms with Gasteiger partial charge in [0.05, 0.1) is 6.10 Å². The van der Waals surface area contributed by atoms with E-state index < -0.39 is 6.10 Å². The molecule has 0 aliphatic heterocycles. The Bertz CT molecular complexity index is 513. The molecule has 1 aliphatic rings. The van der Waals surface area contributed by atoms with Crippen molar-refractivity contribution in [2.45, 2.75) is 24.9 Å². The van der Waals surface area contributed by atoms with E-state index in [1.807, 2.05) is 18.2 Å². The topological polar surface area (TPSA) is 46.0 Å². The standard InChI is InChI=1S/C14H14N2O/c17-14(11-5-8-15-9-6-11)12-4-3-10-2-1-7-16-13(10)12/h1-2,5-9,12,14,17H,3-4H2. The third-order valence-corrected chi connectivity index (χ3v) is 3.43. The van der Waals surface area contributed by atoms with E-state index in [1.54, 1.807) is 18.6 Å². The van der Waals surface area contributed by atoms with Crippen LogP contribution in [0.2, 0.25) is 0 Å². The predicted molar refractivity (Wildman–Crippen MR) is 64.5 cm³/mol. The lowest BCUT2D eigenvalue weighted by atomic mass is 9.94. The van der Waals surface area contributed by atoms with Gasteiger partial charge in [-0.2, -0.15) is 0 Å². The molecule has 1 aliphatic carbocycles. The maximum atomic E-state index is 10.4. The second-order valence-electron chi connectivity index (χ2n) is 4.42. The maximum Gasteiger partial charge on any atom is 0.0874 e. The van der Waals surface area contributed by atoms with Gasteiger partial charge in [-0.3, -0.25) is 9.97 Å². The molecular formula is C14H14N2O. The maximum absolute atomic E-state index is 10.4. The SMILES string of the molecule is OC(c1ccncc1)C1CCc2cccnc21. The van der Waals surface area contributed by atoms with Crippen LogP contribution in [-0.2, 0) is 6.42 Å². The summed E-state index contributed by atoms with van der Waals surface area (Å²) in [4.78, 5) is 8.38. The zero-order chi connectivity index (χ0) is 11.7. The minimum absolute atomic E-state index is 0.119. The summed E-state index contributed by atoms with van der Waals surface area (Å²) in [6, 6.07) is 7.79. The van der Waals surface area contributed by atoms with E-state index in [0.717, 1.165) is 24.1 Å². The Morgan fingerprint density at radius 1 is 1.18 bits per heavy atom. The van der Waals surface area contributed by atoms with Crippen molar-refractivity contribution >= 4 is 0 Å². The summed E-state index contributed by atoms with van der Waals surface area (Å²) < 4.78 is 0. The first kappa shape index (κ1) is 10.4. The van der Waals surface area contributed by atoms with Crippen molar-refractivity contribution < 1.29 is 5.11 Å². The lowest BCUT2D eigenvalue weighted by Crippen LogP contribution is -2.09. The summed E-state index contributed by atoms with van der Waals surface area (Å²) in [7, 11) is 0. The number of hydrogen-bond acceptors (Lipinski definition) is 3. The van der Waals surface area contributed by atoms with Gasteiger partial charge in [0.25, 0.3) is 0 Å². The molecule has 86 valence electrons. The van der Waals surface area contributed by atoms with Gasteiger partial charge in [-0.05, 0) is 42.2 Å². The highest BCUT2D eigenvalue weighted by atomic mass is 16.3. The highest BCUT2D eigenvalue weighted by molar-refractivity contribution is 5.32. The minimum atomic E-state index is -0.478. The lowest BCUT2D eigenvalue weighted by Gasteiger charge is -2.18. The molecule has 3 nitrogen and oxygen atoms in total. The molecule has 0 saturated carbocycles. The summed E-state index contributed by atoms with van der Waals surface area (Å²) in [5.41, 5.74) is 3.24. The van der Waals surface area contributed by atoms with E-state index in [9.17, 15) is 5.11 Å². The Balaban J connectivity index is 1.92. The number of fused-ring (bicyclic) bond motifs is 1. The number of pyridine rings is 2.